The van der Waals surface area contributed by atoms with Crippen LogP contribution < -0.4 is 10.1 Å². The summed E-state index contributed by atoms with van der Waals surface area (Å²) in [6.45, 7) is 4.20. The summed E-state index contributed by atoms with van der Waals surface area (Å²) in [6, 6.07) is 24.1. The zero-order valence-electron chi connectivity index (χ0n) is 17.3. The number of hydrogen-bond donors (Lipinski definition) is 1. The first-order valence-electron chi connectivity index (χ1n) is 9.71. The van der Waals surface area contributed by atoms with Crippen LogP contribution in [0.25, 0.3) is 6.08 Å². The van der Waals surface area contributed by atoms with Crippen LogP contribution >= 0.6 is 0 Å². The Morgan fingerprint density at radius 3 is 2.58 bits per heavy atom. The third kappa shape index (κ3) is 5.82. The van der Waals surface area contributed by atoms with Crippen molar-refractivity contribution in [3.05, 3.63) is 100 Å². The van der Waals surface area contributed by atoms with Gasteiger partial charge < -0.3 is 10.1 Å². The smallest absolute Gasteiger partial charge is 0.266 e. The molecule has 152 valence electrons. The van der Waals surface area contributed by atoms with E-state index in [1.807, 2.05) is 50.2 Å². The summed E-state index contributed by atoms with van der Waals surface area (Å²) < 4.78 is 5.81. The summed E-state index contributed by atoms with van der Waals surface area (Å²) in [5.41, 5.74) is 4.84. The number of nitrogens with one attached hydrogen (secondary N) is 1. The number of aryl methyl sites for hydroxylation is 2. The third-order valence-corrected chi connectivity index (χ3v) is 4.63. The van der Waals surface area contributed by atoms with E-state index < -0.39 is 5.91 Å². The monoisotopic (exact) mass is 407 g/mol. The van der Waals surface area contributed by atoms with Crippen molar-refractivity contribution in [3.63, 3.8) is 0 Å². The topological polar surface area (TPSA) is 85.9 Å². The molecule has 3 aromatic carbocycles. The second-order valence-electron chi connectivity index (χ2n) is 7.12. The van der Waals surface area contributed by atoms with Crippen molar-refractivity contribution in [1.29, 1.82) is 10.5 Å². The van der Waals surface area contributed by atoms with Crippen LogP contribution in [-0.4, -0.2) is 5.91 Å². The van der Waals surface area contributed by atoms with Crippen LogP contribution in [-0.2, 0) is 11.4 Å². The SMILES string of the molecule is Cc1ccc(NC(=O)/C(C#N)=C/c2cccc(OCc3cccc(C#N)c3)c2)c(C)c1. The molecule has 1 N–H and O–H groups in total. The Bertz CT molecular complexity index is 1230. The lowest BCUT2D eigenvalue weighted by Gasteiger charge is -2.09. The maximum Gasteiger partial charge on any atom is 0.266 e. The van der Waals surface area contributed by atoms with E-state index in [1.54, 1.807) is 36.4 Å². The summed E-state index contributed by atoms with van der Waals surface area (Å²) >= 11 is 0. The molecule has 0 saturated carbocycles. The Labute approximate surface area is 181 Å². The normalized spacial score (nSPS) is 10.6. The highest BCUT2D eigenvalue weighted by Gasteiger charge is 2.11. The molecule has 0 spiro atoms. The van der Waals surface area contributed by atoms with Crippen LogP contribution in [0.1, 0.15) is 27.8 Å². The van der Waals surface area contributed by atoms with E-state index in [0.29, 0.717) is 29.2 Å². The molecule has 0 fully saturated rings. The number of amides is 1. The molecule has 0 radical (unpaired) electrons. The molecular weight excluding hydrogens is 386 g/mol. The zero-order valence-corrected chi connectivity index (χ0v) is 17.3. The van der Waals surface area contributed by atoms with Crippen LogP contribution in [0, 0.1) is 36.5 Å². The van der Waals surface area contributed by atoms with Gasteiger partial charge in [0.05, 0.1) is 11.6 Å². The van der Waals surface area contributed by atoms with Crippen molar-refractivity contribution in [2.75, 3.05) is 5.32 Å². The first kappa shape index (κ1) is 21.4. The van der Waals surface area contributed by atoms with Crippen LogP contribution in [0.2, 0.25) is 0 Å². The molecule has 0 bridgehead atoms. The minimum atomic E-state index is -0.464. The number of ether oxygens (including phenoxy) is 1. The summed E-state index contributed by atoms with van der Waals surface area (Å²) in [7, 11) is 0. The second kappa shape index (κ2) is 9.91. The Kier molecular flexibility index (Phi) is 6.83. The van der Waals surface area contributed by atoms with Crippen LogP contribution in [0.4, 0.5) is 5.69 Å². The lowest BCUT2D eigenvalue weighted by molar-refractivity contribution is -0.112. The highest BCUT2D eigenvalue weighted by Crippen LogP contribution is 2.20. The largest absolute Gasteiger partial charge is 0.489 e. The fourth-order valence-corrected chi connectivity index (χ4v) is 3.05. The van der Waals surface area contributed by atoms with E-state index in [1.165, 1.54) is 6.08 Å². The van der Waals surface area contributed by atoms with Crippen LogP contribution in [0.3, 0.4) is 0 Å². The van der Waals surface area contributed by atoms with Crippen molar-refractivity contribution in [2.24, 2.45) is 0 Å². The highest BCUT2D eigenvalue weighted by molar-refractivity contribution is 6.10. The molecule has 0 aliphatic heterocycles. The van der Waals surface area contributed by atoms with Crippen molar-refractivity contribution >= 4 is 17.7 Å². The Morgan fingerprint density at radius 2 is 1.84 bits per heavy atom. The number of anilines is 1. The van der Waals surface area contributed by atoms with Crippen molar-refractivity contribution in [1.82, 2.24) is 0 Å². The maximum atomic E-state index is 12.6. The minimum absolute atomic E-state index is 0.00107. The van der Waals surface area contributed by atoms with Gasteiger partial charge in [-0.25, -0.2) is 0 Å². The van der Waals surface area contributed by atoms with Crippen molar-refractivity contribution in [2.45, 2.75) is 20.5 Å². The maximum absolute atomic E-state index is 12.6. The van der Waals surface area contributed by atoms with Gasteiger partial charge in [-0.3, -0.25) is 4.79 Å². The van der Waals surface area contributed by atoms with Gasteiger partial charge in [0.2, 0.25) is 0 Å². The average Bonchev–Trinajstić information content (AvgIpc) is 2.78. The lowest BCUT2D eigenvalue weighted by Crippen LogP contribution is -2.14. The Hall–Kier alpha value is -4.35. The second-order valence-corrected chi connectivity index (χ2v) is 7.12. The minimum Gasteiger partial charge on any atom is -0.489 e. The molecule has 0 unspecified atom stereocenters. The fourth-order valence-electron chi connectivity index (χ4n) is 3.05. The number of nitriles is 2. The first-order chi connectivity index (χ1) is 15.0. The van der Waals surface area contributed by atoms with Crippen LogP contribution in [0.15, 0.2) is 72.3 Å². The molecule has 5 heteroatoms. The Balaban J connectivity index is 1.73. The van der Waals surface area contributed by atoms with E-state index >= 15 is 0 Å². The number of hydrogen-bond acceptors (Lipinski definition) is 4. The highest BCUT2D eigenvalue weighted by atomic mass is 16.5. The molecule has 3 rings (SSSR count). The van der Waals surface area contributed by atoms with E-state index in [4.69, 9.17) is 10.00 Å². The van der Waals surface area contributed by atoms with Gasteiger partial charge in [-0.15, -0.1) is 0 Å². The van der Waals surface area contributed by atoms with E-state index in [9.17, 15) is 10.1 Å². The molecule has 31 heavy (non-hydrogen) atoms. The summed E-state index contributed by atoms with van der Waals surface area (Å²) in [6.07, 6.45) is 1.53. The molecule has 5 nitrogen and oxygen atoms in total. The molecule has 0 aliphatic carbocycles. The van der Waals surface area contributed by atoms with Gasteiger partial charge >= 0.3 is 0 Å². The standard InChI is InChI=1S/C26H21N3O2/c1-18-9-10-25(19(2)11-18)29-26(30)23(16-28)13-20-5-4-8-24(14-20)31-17-22-7-3-6-21(12-22)15-27/h3-14H,17H2,1-2H3,(H,29,30)/b23-13+. The van der Waals surface area contributed by atoms with Gasteiger partial charge in [-0.1, -0.05) is 42.0 Å². The van der Waals surface area contributed by atoms with Gasteiger partial charge in [0, 0.05) is 5.69 Å². The predicted molar refractivity (Wildman–Crippen MR) is 120 cm³/mol. The summed E-state index contributed by atoms with van der Waals surface area (Å²) in [4.78, 5) is 12.6. The molecule has 0 aliphatic rings. The third-order valence-electron chi connectivity index (χ3n) is 4.63. The van der Waals surface area contributed by atoms with E-state index in [0.717, 1.165) is 16.7 Å². The molecule has 0 aromatic heterocycles. The molecule has 3 aromatic rings. The molecule has 0 heterocycles. The first-order valence-corrected chi connectivity index (χ1v) is 9.71. The van der Waals surface area contributed by atoms with E-state index in [2.05, 4.69) is 11.4 Å². The molecule has 0 atom stereocenters. The zero-order chi connectivity index (χ0) is 22.2. The summed E-state index contributed by atoms with van der Waals surface area (Å²) in [5.74, 6) is 0.136. The van der Waals surface area contributed by atoms with E-state index in [-0.39, 0.29) is 5.57 Å². The molecule has 1 amide bonds. The number of nitrogens with zero attached hydrogens (tertiary/aromatic N) is 2. The van der Waals surface area contributed by atoms with Gasteiger partial charge in [0.15, 0.2) is 0 Å². The van der Waals surface area contributed by atoms with Gasteiger partial charge in [0.25, 0.3) is 5.91 Å². The number of benzene rings is 3. The van der Waals surface area contributed by atoms with Crippen molar-refractivity contribution in [3.8, 4) is 17.9 Å². The summed E-state index contributed by atoms with van der Waals surface area (Å²) in [5, 5.41) is 21.3. The van der Waals surface area contributed by atoms with Gasteiger partial charge in [0.1, 0.15) is 24.0 Å². The number of carbonyl (C=O) groups is 1. The molecular formula is C26H21N3O2. The number of rotatable bonds is 6. The Morgan fingerprint density at radius 1 is 1.03 bits per heavy atom. The quantitative estimate of drug-likeness (QED) is 0.444. The number of carbonyl (C=O) groups excluding carboxylic acids is 1. The van der Waals surface area contributed by atoms with Crippen molar-refractivity contribution < 1.29 is 9.53 Å². The predicted octanol–water partition coefficient (Wildman–Crippen LogP) is 5.30. The molecule has 0 saturated heterocycles. The van der Waals surface area contributed by atoms with Gasteiger partial charge in [-0.2, -0.15) is 10.5 Å². The fraction of sp³-hybridized carbons (Fsp3) is 0.115. The van der Waals surface area contributed by atoms with Gasteiger partial charge in [-0.05, 0) is 66.9 Å². The van der Waals surface area contributed by atoms with Crippen LogP contribution in [0.5, 0.6) is 5.75 Å². The lowest BCUT2D eigenvalue weighted by atomic mass is 10.1. The average molecular weight is 407 g/mol.